The number of allylic oxidation sites excluding steroid dienone is 1. The molecule has 1 atom stereocenters. The van der Waals surface area contributed by atoms with E-state index in [0.717, 1.165) is 24.7 Å². The van der Waals surface area contributed by atoms with E-state index in [1.54, 1.807) is 18.4 Å². The van der Waals surface area contributed by atoms with Gasteiger partial charge in [-0.2, -0.15) is 0 Å². The molecule has 0 aliphatic carbocycles. The van der Waals surface area contributed by atoms with Crippen LogP contribution in [0, 0.1) is 22.8 Å². The van der Waals surface area contributed by atoms with Crippen molar-refractivity contribution in [1.29, 1.82) is 0 Å². The average molecular weight is 677 g/mol. The Kier molecular flexibility index (Phi) is 8.17. The van der Waals surface area contributed by atoms with E-state index in [1.165, 1.54) is 11.3 Å². The second-order valence-electron chi connectivity index (χ2n) is 8.02. The molecule has 6 nitrogen and oxygen atoms in total. The number of halogens is 2. The second kappa shape index (κ2) is 11.2. The van der Waals surface area contributed by atoms with E-state index in [-0.39, 0.29) is 18.8 Å². The fraction of sp³-hybridized carbons (Fsp3) is 0.222. The van der Waals surface area contributed by atoms with Crippen molar-refractivity contribution in [3.05, 3.63) is 92.1 Å². The van der Waals surface area contributed by atoms with Gasteiger partial charge in [-0.25, -0.2) is 9.79 Å². The second-order valence-corrected chi connectivity index (χ2v) is 11.0. The molecule has 0 radical (unpaired) electrons. The van der Waals surface area contributed by atoms with Gasteiger partial charge < -0.3 is 9.47 Å². The SMILES string of the molecule is C#CCOc1c(Br)cc(/C=c2/sc3n(c2=O)[C@H](c2ccc(C)cc2)C(C(=O)OCC)=C(C)N=3)cc1I. The van der Waals surface area contributed by atoms with Crippen molar-refractivity contribution in [2.45, 2.75) is 26.8 Å². The third kappa shape index (κ3) is 5.21. The Hall–Kier alpha value is -2.68. The summed E-state index contributed by atoms with van der Waals surface area (Å²) in [5.74, 6) is 2.64. The molecule has 36 heavy (non-hydrogen) atoms. The molecule has 0 saturated heterocycles. The third-order valence-corrected chi connectivity index (χ3v) is 7.90. The number of terminal acetylenes is 1. The molecule has 1 aromatic heterocycles. The summed E-state index contributed by atoms with van der Waals surface area (Å²) in [4.78, 5) is 31.8. The van der Waals surface area contributed by atoms with Crippen LogP contribution in [0.25, 0.3) is 6.08 Å². The van der Waals surface area contributed by atoms with Crippen LogP contribution in [-0.4, -0.2) is 23.8 Å². The van der Waals surface area contributed by atoms with Gasteiger partial charge in [-0.15, -0.1) is 6.42 Å². The maximum absolute atomic E-state index is 13.7. The molecule has 1 aliphatic rings. The zero-order valence-corrected chi connectivity index (χ0v) is 24.4. The lowest BCUT2D eigenvalue weighted by Crippen LogP contribution is -2.39. The summed E-state index contributed by atoms with van der Waals surface area (Å²) in [5.41, 5.74) is 3.40. The van der Waals surface area contributed by atoms with Gasteiger partial charge in [0.25, 0.3) is 5.56 Å². The Morgan fingerprint density at radius 3 is 2.67 bits per heavy atom. The number of hydrogen-bond acceptors (Lipinski definition) is 6. The van der Waals surface area contributed by atoms with Gasteiger partial charge in [-0.05, 0) is 88.6 Å². The summed E-state index contributed by atoms with van der Waals surface area (Å²) in [6.45, 7) is 5.92. The highest BCUT2D eigenvalue weighted by atomic mass is 127. The number of fused-ring (bicyclic) bond motifs is 1. The highest BCUT2D eigenvalue weighted by Gasteiger charge is 2.33. The van der Waals surface area contributed by atoms with Crippen molar-refractivity contribution in [1.82, 2.24) is 4.57 Å². The van der Waals surface area contributed by atoms with Crippen LogP contribution >= 0.6 is 49.9 Å². The van der Waals surface area contributed by atoms with E-state index < -0.39 is 12.0 Å². The molecule has 0 saturated carbocycles. The van der Waals surface area contributed by atoms with Gasteiger partial charge in [0.05, 0.1) is 36.5 Å². The predicted molar refractivity (Wildman–Crippen MR) is 153 cm³/mol. The number of esters is 1. The number of carbonyl (C=O) groups is 1. The van der Waals surface area contributed by atoms with E-state index in [9.17, 15) is 9.59 Å². The first kappa shape index (κ1) is 26.4. The Balaban J connectivity index is 1.89. The van der Waals surface area contributed by atoms with Gasteiger partial charge in [0.15, 0.2) is 4.80 Å². The van der Waals surface area contributed by atoms with Crippen molar-refractivity contribution in [3.63, 3.8) is 0 Å². The van der Waals surface area contributed by atoms with E-state index in [1.807, 2.05) is 49.4 Å². The topological polar surface area (TPSA) is 69.9 Å². The first-order chi connectivity index (χ1) is 17.2. The molecule has 0 fully saturated rings. The van der Waals surface area contributed by atoms with Crippen LogP contribution in [-0.2, 0) is 9.53 Å². The maximum atomic E-state index is 13.7. The molecule has 9 heteroatoms. The fourth-order valence-corrected chi connectivity index (χ4v) is 6.74. The van der Waals surface area contributed by atoms with E-state index in [4.69, 9.17) is 15.9 Å². The zero-order chi connectivity index (χ0) is 26.0. The standard InChI is InChI=1S/C27H22BrIN2O4S/c1-5-11-35-24-19(28)12-17(13-20(24)29)14-21-25(32)31-23(18-9-7-15(3)8-10-18)22(26(33)34-6-2)16(4)30-27(31)36-21/h1,7-10,12-14,23H,6,11H2,2-4H3/b21-14+/t23-/m1/s1. The molecular weight excluding hydrogens is 655 g/mol. The number of nitrogens with zero attached hydrogens (tertiary/aromatic N) is 2. The molecule has 0 amide bonds. The Morgan fingerprint density at radius 1 is 1.31 bits per heavy atom. The lowest BCUT2D eigenvalue weighted by atomic mass is 9.95. The van der Waals surface area contributed by atoms with Gasteiger partial charge in [0, 0.05) is 0 Å². The number of benzene rings is 2. The number of hydrogen-bond donors (Lipinski definition) is 0. The van der Waals surface area contributed by atoms with Crippen molar-refractivity contribution in [3.8, 4) is 18.1 Å². The smallest absolute Gasteiger partial charge is 0.338 e. The van der Waals surface area contributed by atoms with Crippen molar-refractivity contribution in [2.24, 2.45) is 4.99 Å². The monoisotopic (exact) mass is 676 g/mol. The molecular formula is C27H22BrIN2O4S. The normalized spacial score (nSPS) is 15.2. The Morgan fingerprint density at radius 2 is 2.03 bits per heavy atom. The van der Waals surface area contributed by atoms with Gasteiger partial charge in [0.1, 0.15) is 12.4 Å². The third-order valence-electron chi connectivity index (χ3n) is 5.53. The Labute approximate surface area is 234 Å². The van der Waals surface area contributed by atoms with Crippen LogP contribution in [0.3, 0.4) is 0 Å². The number of aryl methyl sites for hydroxylation is 1. The molecule has 2 aromatic carbocycles. The summed E-state index contributed by atoms with van der Waals surface area (Å²) >= 11 is 6.99. The minimum absolute atomic E-state index is 0.160. The largest absolute Gasteiger partial charge is 0.479 e. The van der Waals surface area contributed by atoms with Crippen LogP contribution in [0.15, 0.2) is 61.9 Å². The predicted octanol–water partition coefficient (Wildman–Crippen LogP) is 4.49. The van der Waals surface area contributed by atoms with Crippen LogP contribution < -0.4 is 19.6 Å². The summed E-state index contributed by atoms with van der Waals surface area (Å²) < 4.78 is 14.6. The molecule has 0 spiro atoms. The lowest BCUT2D eigenvalue weighted by Gasteiger charge is -2.24. The van der Waals surface area contributed by atoms with Gasteiger partial charge in [-0.3, -0.25) is 9.36 Å². The molecule has 2 heterocycles. The summed E-state index contributed by atoms with van der Waals surface area (Å²) in [7, 11) is 0. The highest BCUT2D eigenvalue weighted by Crippen LogP contribution is 2.33. The van der Waals surface area contributed by atoms with Crippen molar-refractivity contribution < 1.29 is 14.3 Å². The molecule has 4 rings (SSSR count). The summed E-state index contributed by atoms with van der Waals surface area (Å²) in [6, 6.07) is 11.0. The quantitative estimate of drug-likeness (QED) is 0.219. The van der Waals surface area contributed by atoms with Gasteiger partial charge >= 0.3 is 5.97 Å². The van der Waals surface area contributed by atoms with Crippen molar-refractivity contribution >= 4 is 61.9 Å². The molecule has 0 unspecified atom stereocenters. The van der Waals surface area contributed by atoms with Crippen LogP contribution in [0.5, 0.6) is 5.75 Å². The molecule has 3 aromatic rings. The van der Waals surface area contributed by atoms with Gasteiger partial charge in [-0.1, -0.05) is 47.1 Å². The van der Waals surface area contributed by atoms with Crippen LogP contribution in [0.4, 0.5) is 0 Å². The minimum Gasteiger partial charge on any atom is -0.479 e. The molecule has 0 bridgehead atoms. The summed E-state index contributed by atoms with van der Waals surface area (Å²) in [5, 5.41) is 0. The maximum Gasteiger partial charge on any atom is 0.338 e. The first-order valence-electron chi connectivity index (χ1n) is 11.1. The number of rotatable bonds is 6. The van der Waals surface area contributed by atoms with Gasteiger partial charge in [0.2, 0.25) is 0 Å². The zero-order valence-electron chi connectivity index (χ0n) is 19.8. The summed E-state index contributed by atoms with van der Waals surface area (Å²) in [6.07, 6.45) is 7.13. The van der Waals surface area contributed by atoms with Crippen molar-refractivity contribution in [2.75, 3.05) is 13.2 Å². The fourth-order valence-electron chi connectivity index (χ4n) is 3.92. The molecule has 0 N–H and O–H groups in total. The number of carbonyl (C=O) groups excluding carboxylic acids is 1. The average Bonchev–Trinajstić information content (AvgIpc) is 3.12. The van der Waals surface area contributed by atoms with E-state index in [2.05, 4.69) is 49.4 Å². The lowest BCUT2D eigenvalue weighted by molar-refractivity contribution is -0.139. The molecule has 1 aliphatic heterocycles. The Bertz CT molecular complexity index is 1570. The molecule has 184 valence electrons. The minimum atomic E-state index is -0.630. The number of ether oxygens (including phenoxy) is 2. The number of aromatic nitrogens is 1. The van der Waals surface area contributed by atoms with Crippen LogP contribution in [0.1, 0.15) is 36.6 Å². The van der Waals surface area contributed by atoms with E-state index in [0.29, 0.717) is 26.4 Å². The first-order valence-corrected chi connectivity index (χ1v) is 13.8. The highest BCUT2D eigenvalue weighted by molar-refractivity contribution is 14.1. The number of thiazole rings is 1. The van der Waals surface area contributed by atoms with Crippen LogP contribution in [0.2, 0.25) is 0 Å². The van der Waals surface area contributed by atoms with E-state index >= 15 is 0 Å².